The van der Waals surface area contributed by atoms with Gasteiger partial charge >= 0.3 is 0 Å². The van der Waals surface area contributed by atoms with Gasteiger partial charge in [0.1, 0.15) is 6.17 Å². The maximum atomic E-state index is 13.0. The maximum Gasteiger partial charge on any atom is 0.257 e. The highest BCUT2D eigenvalue weighted by atomic mass is 32.1. The molecule has 0 saturated carbocycles. The fourth-order valence-electron chi connectivity index (χ4n) is 3.23. The minimum absolute atomic E-state index is 0.0468. The summed E-state index contributed by atoms with van der Waals surface area (Å²) in [6.45, 7) is 3.37. The zero-order valence-electron chi connectivity index (χ0n) is 13.0. The summed E-state index contributed by atoms with van der Waals surface area (Å²) >= 11 is 1.61. The molecule has 2 aliphatic rings. The van der Waals surface area contributed by atoms with Crippen molar-refractivity contribution < 1.29 is 9.53 Å². The average molecular weight is 329 g/mol. The molecule has 1 aromatic carbocycles. The molecule has 0 bridgehead atoms. The third kappa shape index (κ3) is 2.72. The molecule has 1 aromatic heterocycles. The Kier molecular flexibility index (Phi) is 3.79. The van der Waals surface area contributed by atoms with Crippen molar-refractivity contribution in [1.82, 2.24) is 9.88 Å². The van der Waals surface area contributed by atoms with Crippen LogP contribution in [0, 0.1) is 6.92 Å². The number of carbonyl (C=O) groups excluding carboxylic acids is 1. The van der Waals surface area contributed by atoms with E-state index in [1.807, 2.05) is 41.5 Å². The van der Waals surface area contributed by atoms with Gasteiger partial charge in [-0.1, -0.05) is 12.1 Å². The number of benzene rings is 1. The molecule has 2 aromatic rings. The number of ether oxygens (including phenoxy) is 1. The molecule has 120 valence electrons. The first-order valence-corrected chi connectivity index (χ1v) is 8.80. The summed E-state index contributed by atoms with van der Waals surface area (Å²) in [5.41, 5.74) is 2.48. The number of rotatable bonds is 3. The van der Waals surface area contributed by atoms with Crippen molar-refractivity contribution in [3.63, 3.8) is 0 Å². The van der Waals surface area contributed by atoms with E-state index in [0.29, 0.717) is 12.1 Å². The Morgan fingerprint density at radius 2 is 2.30 bits per heavy atom. The van der Waals surface area contributed by atoms with Crippen molar-refractivity contribution in [3.05, 3.63) is 45.9 Å². The number of fused-ring (bicyclic) bond motifs is 1. The number of carbonyl (C=O) groups is 1. The lowest BCUT2D eigenvalue weighted by Gasteiger charge is -2.38. The Balaban J connectivity index is 1.70. The van der Waals surface area contributed by atoms with E-state index in [0.717, 1.165) is 35.8 Å². The van der Waals surface area contributed by atoms with Crippen LogP contribution in [0.1, 0.15) is 40.1 Å². The van der Waals surface area contributed by atoms with Crippen molar-refractivity contribution in [3.8, 4) is 0 Å². The van der Waals surface area contributed by atoms with E-state index in [1.54, 1.807) is 11.3 Å². The second-order valence-electron chi connectivity index (χ2n) is 5.98. The number of hydrogen-bond acceptors (Lipinski definition) is 5. The first-order valence-electron chi connectivity index (χ1n) is 7.92. The molecule has 0 aliphatic carbocycles. The van der Waals surface area contributed by atoms with E-state index in [1.165, 1.54) is 0 Å². The third-order valence-corrected chi connectivity index (χ3v) is 5.16. The number of anilines is 1. The summed E-state index contributed by atoms with van der Waals surface area (Å²) in [4.78, 5) is 19.5. The first kappa shape index (κ1) is 14.7. The van der Waals surface area contributed by atoms with Gasteiger partial charge in [-0.05, 0) is 31.9 Å². The summed E-state index contributed by atoms with van der Waals surface area (Å²) in [7, 11) is 0. The summed E-state index contributed by atoms with van der Waals surface area (Å²) in [5.74, 6) is 0.0468. The predicted molar refractivity (Wildman–Crippen MR) is 89.7 cm³/mol. The summed E-state index contributed by atoms with van der Waals surface area (Å²) in [5, 5.41) is 6.50. The lowest BCUT2D eigenvalue weighted by Crippen LogP contribution is -2.46. The molecular formula is C17H19N3O2S. The van der Waals surface area contributed by atoms with Crippen LogP contribution in [0.2, 0.25) is 0 Å². The summed E-state index contributed by atoms with van der Waals surface area (Å²) < 4.78 is 5.74. The largest absolute Gasteiger partial charge is 0.376 e. The fourth-order valence-corrected chi connectivity index (χ4v) is 3.86. The van der Waals surface area contributed by atoms with Gasteiger partial charge < -0.3 is 15.0 Å². The number of thiazole rings is 1. The monoisotopic (exact) mass is 329 g/mol. The number of para-hydroxylation sites is 1. The van der Waals surface area contributed by atoms with Gasteiger partial charge in [-0.2, -0.15) is 0 Å². The molecule has 2 atom stereocenters. The van der Waals surface area contributed by atoms with Crippen LogP contribution in [-0.2, 0) is 4.74 Å². The van der Waals surface area contributed by atoms with E-state index in [2.05, 4.69) is 10.3 Å². The Morgan fingerprint density at radius 3 is 3.04 bits per heavy atom. The molecule has 1 N–H and O–H groups in total. The third-order valence-electron chi connectivity index (χ3n) is 4.36. The molecule has 23 heavy (non-hydrogen) atoms. The van der Waals surface area contributed by atoms with Crippen LogP contribution in [-0.4, -0.2) is 35.0 Å². The van der Waals surface area contributed by atoms with Gasteiger partial charge in [0.15, 0.2) is 0 Å². The second-order valence-corrected chi connectivity index (χ2v) is 7.04. The number of aryl methyl sites for hydroxylation is 1. The molecule has 0 spiro atoms. The standard InChI is InChI=1S/C17H19N3O2S/c1-11-18-15(10-23-11)16-19-14-7-3-2-6-13(14)17(21)20(16)9-12-5-4-8-22-12/h2-3,6-7,10,12,16,19H,4-5,8-9H2,1H3/t12-,16+/m0/s1. The highest BCUT2D eigenvalue weighted by molar-refractivity contribution is 7.09. The van der Waals surface area contributed by atoms with Gasteiger partial charge in [0.05, 0.1) is 22.4 Å². The predicted octanol–water partition coefficient (Wildman–Crippen LogP) is 3.20. The van der Waals surface area contributed by atoms with Crippen molar-refractivity contribution >= 4 is 22.9 Å². The van der Waals surface area contributed by atoms with Crippen molar-refractivity contribution in [1.29, 1.82) is 0 Å². The quantitative estimate of drug-likeness (QED) is 0.939. The van der Waals surface area contributed by atoms with Crippen LogP contribution in [0.5, 0.6) is 0 Å². The minimum atomic E-state index is -0.230. The van der Waals surface area contributed by atoms with Gasteiger partial charge in [0.2, 0.25) is 0 Å². The van der Waals surface area contributed by atoms with Crippen LogP contribution < -0.4 is 5.32 Å². The zero-order chi connectivity index (χ0) is 15.8. The van der Waals surface area contributed by atoms with Gasteiger partial charge in [0.25, 0.3) is 5.91 Å². The molecular weight excluding hydrogens is 310 g/mol. The molecule has 1 fully saturated rings. The van der Waals surface area contributed by atoms with Crippen LogP contribution in [0.4, 0.5) is 5.69 Å². The number of aromatic nitrogens is 1. The van der Waals surface area contributed by atoms with Crippen LogP contribution in [0.15, 0.2) is 29.6 Å². The normalized spacial score (nSPS) is 23.7. The van der Waals surface area contributed by atoms with E-state index < -0.39 is 0 Å². The smallest absolute Gasteiger partial charge is 0.257 e. The van der Waals surface area contributed by atoms with Crippen molar-refractivity contribution in [2.75, 3.05) is 18.5 Å². The Morgan fingerprint density at radius 1 is 1.43 bits per heavy atom. The fraction of sp³-hybridized carbons (Fsp3) is 0.412. The molecule has 4 rings (SSSR count). The van der Waals surface area contributed by atoms with Crippen molar-refractivity contribution in [2.24, 2.45) is 0 Å². The zero-order valence-corrected chi connectivity index (χ0v) is 13.8. The lowest BCUT2D eigenvalue weighted by molar-refractivity contribution is 0.0423. The van der Waals surface area contributed by atoms with Gasteiger partial charge in [-0.3, -0.25) is 4.79 Å². The molecule has 0 unspecified atom stereocenters. The number of nitrogens with one attached hydrogen (secondary N) is 1. The van der Waals surface area contributed by atoms with E-state index >= 15 is 0 Å². The van der Waals surface area contributed by atoms with Crippen molar-refractivity contribution in [2.45, 2.75) is 32.0 Å². The maximum absolute atomic E-state index is 13.0. The summed E-state index contributed by atoms with van der Waals surface area (Å²) in [6.07, 6.45) is 1.96. The molecule has 2 aliphatic heterocycles. The second kappa shape index (κ2) is 5.94. The number of hydrogen-bond donors (Lipinski definition) is 1. The molecule has 6 heteroatoms. The van der Waals surface area contributed by atoms with Gasteiger partial charge in [-0.25, -0.2) is 4.98 Å². The minimum Gasteiger partial charge on any atom is -0.376 e. The molecule has 0 radical (unpaired) electrons. The van der Waals surface area contributed by atoms with E-state index in [9.17, 15) is 4.79 Å². The van der Waals surface area contributed by atoms with E-state index in [4.69, 9.17) is 4.74 Å². The Labute approximate surface area is 139 Å². The topological polar surface area (TPSA) is 54.5 Å². The first-order chi connectivity index (χ1) is 11.2. The van der Waals surface area contributed by atoms with Gasteiger partial charge in [0, 0.05) is 24.2 Å². The Hall–Kier alpha value is -1.92. The summed E-state index contributed by atoms with van der Waals surface area (Å²) in [6, 6.07) is 7.66. The average Bonchev–Trinajstić information content (AvgIpc) is 3.21. The molecule has 1 saturated heterocycles. The highest BCUT2D eigenvalue weighted by Gasteiger charge is 2.36. The molecule has 1 amide bonds. The lowest BCUT2D eigenvalue weighted by atomic mass is 10.1. The Bertz CT molecular complexity index is 724. The number of amides is 1. The van der Waals surface area contributed by atoms with E-state index in [-0.39, 0.29) is 18.2 Å². The highest BCUT2D eigenvalue weighted by Crippen LogP contribution is 2.34. The molecule has 5 nitrogen and oxygen atoms in total. The van der Waals surface area contributed by atoms with Gasteiger partial charge in [-0.15, -0.1) is 11.3 Å². The number of nitrogens with zero attached hydrogens (tertiary/aromatic N) is 2. The molecule has 3 heterocycles. The SMILES string of the molecule is Cc1nc([C@@H]2Nc3ccccc3C(=O)N2C[C@@H]2CCCO2)cs1. The van der Waals surface area contributed by atoms with Crippen LogP contribution in [0.3, 0.4) is 0 Å². The van der Waals surface area contributed by atoms with Crippen LogP contribution in [0.25, 0.3) is 0 Å². The van der Waals surface area contributed by atoms with Crippen LogP contribution >= 0.6 is 11.3 Å².